The summed E-state index contributed by atoms with van der Waals surface area (Å²) in [6.45, 7) is 4.51. The van der Waals surface area contributed by atoms with E-state index in [4.69, 9.17) is 11.2 Å². The van der Waals surface area contributed by atoms with E-state index >= 15 is 0 Å². The molecule has 39 heavy (non-hydrogen) atoms. The van der Waals surface area contributed by atoms with E-state index in [9.17, 15) is 4.79 Å². The number of thiophene rings is 1. The molecule has 4 heterocycles. The largest absolute Gasteiger partial charge is 0.461 e. The van der Waals surface area contributed by atoms with E-state index in [1.54, 1.807) is 6.33 Å². The lowest BCUT2D eigenvalue weighted by atomic mass is 10.00. The van der Waals surface area contributed by atoms with Gasteiger partial charge in [-0.3, -0.25) is 4.98 Å². The Hall–Kier alpha value is -3.99. The van der Waals surface area contributed by atoms with Gasteiger partial charge in [0, 0.05) is 41.6 Å². The smallest absolute Gasteiger partial charge is 0.348 e. The zero-order valence-electron chi connectivity index (χ0n) is 22.1. The summed E-state index contributed by atoms with van der Waals surface area (Å²) in [4.78, 5) is 25.8. The van der Waals surface area contributed by atoms with E-state index in [2.05, 4.69) is 51.3 Å². The van der Waals surface area contributed by atoms with Crippen LogP contribution in [0.2, 0.25) is 0 Å². The van der Waals surface area contributed by atoms with Crippen molar-refractivity contribution >= 4 is 33.8 Å². The van der Waals surface area contributed by atoms with Crippen LogP contribution in [0.5, 0.6) is 0 Å². The molecule has 7 heteroatoms. The molecule has 0 bridgehead atoms. The van der Waals surface area contributed by atoms with Crippen molar-refractivity contribution in [3.8, 4) is 34.7 Å². The van der Waals surface area contributed by atoms with Crippen LogP contribution in [0.3, 0.4) is 0 Å². The first kappa shape index (κ1) is 26.6. The third-order valence-electron chi connectivity index (χ3n) is 6.86. The summed E-state index contributed by atoms with van der Waals surface area (Å²) in [5.41, 5.74) is 6.56. The van der Waals surface area contributed by atoms with Gasteiger partial charge in [-0.2, -0.15) is 0 Å². The van der Waals surface area contributed by atoms with Gasteiger partial charge < -0.3 is 15.0 Å². The number of aromatic amines is 1. The highest BCUT2D eigenvalue weighted by molar-refractivity contribution is 7.12. The van der Waals surface area contributed by atoms with Crippen molar-refractivity contribution in [3.63, 3.8) is 0 Å². The van der Waals surface area contributed by atoms with Gasteiger partial charge in [-0.1, -0.05) is 31.2 Å². The van der Waals surface area contributed by atoms with Crippen molar-refractivity contribution in [3.05, 3.63) is 77.0 Å². The van der Waals surface area contributed by atoms with Crippen LogP contribution in [-0.4, -0.2) is 40.6 Å². The summed E-state index contributed by atoms with van der Waals surface area (Å²) in [6.07, 6.45) is 19.0. The SMILES string of the molecule is C#CC/C(=C\C=C/CC)c1nc[nH]c1-c1ccc2ncc(-c3csc(C(=O)OC[C@H]4CCCNC4)c3)cc2c1. The molecule has 1 aromatic carbocycles. The lowest BCUT2D eigenvalue weighted by molar-refractivity contribution is 0.0426. The summed E-state index contributed by atoms with van der Waals surface area (Å²) < 4.78 is 5.61. The van der Waals surface area contributed by atoms with Crippen LogP contribution >= 0.6 is 11.3 Å². The van der Waals surface area contributed by atoms with Crippen molar-refractivity contribution in [2.75, 3.05) is 19.7 Å². The van der Waals surface area contributed by atoms with Gasteiger partial charge in [0.05, 0.1) is 29.8 Å². The Morgan fingerprint density at radius 2 is 2.13 bits per heavy atom. The average Bonchev–Trinajstić information content (AvgIpc) is 3.66. The number of aromatic nitrogens is 3. The summed E-state index contributed by atoms with van der Waals surface area (Å²) >= 11 is 1.40. The van der Waals surface area contributed by atoms with Crippen molar-refractivity contribution in [1.82, 2.24) is 20.3 Å². The Balaban J connectivity index is 1.38. The van der Waals surface area contributed by atoms with Crippen molar-refractivity contribution < 1.29 is 9.53 Å². The molecule has 1 aliphatic rings. The molecule has 1 atom stereocenters. The van der Waals surface area contributed by atoms with Gasteiger partial charge in [0.25, 0.3) is 0 Å². The van der Waals surface area contributed by atoms with Crippen LogP contribution in [0.1, 0.15) is 48.0 Å². The van der Waals surface area contributed by atoms with Crippen molar-refractivity contribution in [2.24, 2.45) is 5.92 Å². The lowest BCUT2D eigenvalue weighted by Crippen LogP contribution is -2.32. The molecular formula is C32H32N4O2S. The molecule has 1 saturated heterocycles. The number of pyridine rings is 1. The molecule has 1 fully saturated rings. The Morgan fingerprint density at radius 1 is 1.23 bits per heavy atom. The van der Waals surface area contributed by atoms with E-state index in [0.29, 0.717) is 23.8 Å². The number of allylic oxidation sites excluding steroid dienone is 4. The number of benzene rings is 1. The average molecular weight is 537 g/mol. The number of ether oxygens (including phenoxy) is 1. The molecule has 1 aliphatic heterocycles. The summed E-state index contributed by atoms with van der Waals surface area (Å²) in [5.74, 6) is 2.88. The Kier molecular flexibility index (Phi) is 8.67. The number of rotatable bonds is 9. The molecule has 0 saturated carbocycles. The number of piperidine rings is 1. The second-order valence-corrected chi connectivity index (χ2v) is 10.6. The number of hydrogen-bond acceptors (Lipinski definition) is 6. The molecule has 0 radical (unpaired) electrons. The van der Waals surface area contributed by atoms with Gasteiger partial charge in [-0.25, -0.2) is 9.78 Å². The third kappa shape index (κ3) is 6.36. The Bertz CT molecular complexity index is 1550. The molecule has 198 valence electrons. The molecular weight excluding hydrogens is 504 g/mol. The second-order valence-electron chi connectivity index (χ2n) is 9.68. The highest BCUT2D eigenvalue weighted by atomic mass is 32.1. The van der Waals surface area contributed by atoms with Crippen LogP contribution in [0.15, 0.2) is 66.5 Å². The quantitative estimate of drug-likeness (QED) is 0.138. The molecule has 4 aromatic rings. The number of esters is 1. The fourth-order valence-electron chi connectivity index (χ4n) is 4.78. The summed E-state index contributed by atoms with van der Waals surface area (Å²) in [5, 5.41) is 6.35. The molecule has 3 aromatic heterocycles. The van der Waals surface area contributed by atoms with E-state index < -0.39 is 0 Å². The summed E-state index contributed by atoms with van der Waals surface area (Å²) in [6, 6.07) is 10.2. The third-order valence-corrected chi connectivity index (χ3v) is 7.77. The number of hydrogen-bond donors (Lipinski definition) is 2. The number of terminal acetylenes is 1. The molecule has 5 rings (SSSR count). The van der Waals surface area contributed by atoms with Crippen LogP contribution in [0.25, 0.3) is 38.9 Å². The van der Waals surface area contributed by atoms with Gasteiger partial charge in [0.2, 0.25) is 0 Å². The van der Waals surface area contributed by atoms with E-state index in [1.165, 1.54) is 11.3 Å². The minimum absolute atomic E-state index is 0.260. The van der Waals surface area contributed by atoms with Crippen LogP contribution in [0.4, 0.5) is 0 Å². The molecule has 0 aliphatic carbocycles. The van der Waals surface area contributed by atoms with Gasteiger partial charge in [-0.05, 0) is 66.6 Å². The van der Waals surface area contributed by atoms with Crippen LogP contribution in [-0.2, 0) is 4.74 Å². The van der Waals surface area contributed by atoms with E-state index in [-0.39, 0.29) is 5.97 Å². The minimum Gasteiger partial charge on any atom is -0.461 e. The molecule has 0 amide bonds. The zero-order chi connectivity index (χ0) is 27.0. The molecule has 6 nitrogen and oxygen atoms in total. The number of nitrogens with zero attached hydrogens (tertiary/aromatic N) is 2. The lowest BCUT2D eigenvalue weighted by Gasteiger charge is -2.22. The topological polar surface area (TPSA) is 79.9 Å². The van der Waals surface area contributed by atoms with Crippen molar-refractivity contribution in [2.45, 2.75) is 32.6 Å². The second kappa shape index (κ2) is 12.7. The Labute approximate surface area is 233 Å². The van der Waals surface area contributed by atoms with Gasteiger partial charge in [-0.15, -0.1) is 23.7 Å². The Morgan fingerprint density at radius 3 is 2.95 bits per heavy atom. The van der Waals surface area contributed by atoms with E-state index in [0.717, 1.165) is 76.9 Å². The molecule has 0 unspecified atom stereocenters. The highest BCUT2D eigenvalue weighted by Crippen LogP contribution is 2.32. The fraction of sp³-hybridized carbons (Fsp3) is 0.281. The number of imidazole rings is 1. The first-order valence-corrected chi connectivity index (χ1v) is 14.2. The maximum Gasteiger partial charge on any atom is 0.348 e. The normalized spacial score (nSPS) is 16.0. The standard InChI is InChI=1S/C32H32N4O2S/c1-3-5-6-10-23(8-4-2)30-31(36-21-35-30)24-11-12-28-25(14-24)15-26(18-34-28)27-16-29(39-20-27)32(37)38-19-22-9-7-13-33-17-22/h2,5-6,10-12,14-16,18,20-22,33H,3,7-9,13,17,19H2,1H3,(H,35,36)/b6-5-,23-10+/t22-/m0/s1. The predicted octanol–water partition coefficient (Wildman–Crippen LogP) is 6.88. The maximum atomic E-state index is 12.7. The fourth-order valence-corrected chi connectivity index (χ4v) is 5.59. The molecule has 2 N–H and O–H groups in total. The van der Waals surface area contributed by atoms with Gasteiger partial charge in [0.15, 0.2) is 0 Å². The van der Waals surface area contributed by atoms with Crippen molar-refractivity contribution in [1.29, 1.82) is 0 Å². The number of fused-ring (bicyclic) bond motifs is 1. The molecule has 0 spiro atoms. The van der Waals surface area contributed by atoms with E-state index in [1.807, 2.05) is 41.9 Å². The number of nitrogens with one attached hydrogen (secondary N) is 2. The number of carbonyl (C=O) groups excluding carboxylic acids is 1. The number of carbonyl (C=O) groups is 1. The van der Waals surface area contributed by atoms with Gasteiger partial charge >= 0.3 is 5.97 Å². The first-order chi connectivity index (χ1) is 19.2. The first-order valence-electron chi connectivity index (χ1n) is 13.4. The highest BCUT2D eigenvalue weighted by Gasteiger charge is 2.18. The van der Waals surface area contributed by atoms with Crippen LogP contribution < -0.4 is 5.32 Å². The maximum absolute atomic E-state index is 12.7. The minimum atomic E-state index is -0.260. The summed E-state index contributed by atoms with van der Waals surface area (Å²) in [7, 11) is 0. The predicted molar refractivity (Wildman–Crippen MR) is 159 cm³/mol. The number of H-pyrrole nitrogens is 1. The monoisotopic (exact) mass is 536 g/mol. The van der Waals surface area contributed by atoms with Gasteiger partial charge in [0.1, 0.15) is 4.88 Å². The zero-order valence-corrected chi connectivity index (χ0v) is 22.9. The van der Waals surface area contributed by atoms with Crippen LogP contribution in [0, 0.1) is 18.3 Å².